The van der Waals surface area contributed by atoms with Gasteiger partial charge in [0.2, 0.25) is 0 Å². The van der Waals surface area contributed by atoms with Crippen molar-refractivity contribution >= 4 is 11.7 Å². The van der Waals surface area contributed by atoms with E-state index in [0.29, 0.717) is 31.0 Å². The summed E-state index contributed by atoms with van der Waals surface area (Å²) < 4.78 is 0. The highest BCUT2D eigenvalue weighted by Gasteiger charge is 2.21. The van der Waals surface area contributed by atoms with E-state index in [1.807, 2.05) is 17.0 Å². The molecule has 3 heterocycles. The van der Waals surface area contributed by atoms with Crippen LogP contribution in [0.3, 0.4) is 0 Å². The van der Waals surface area contributed by atoms with Crippen LogP contribution in [0.1, 0.15) is 57.5 Å². The summed E-state index contributed by atoms with van der Waals surface area (Å²) in [4.78, 5) is 31.4. The number of benzene rings is 1. The Bertz CT molecular complexity index is 860. The zero-order valence-electron chi connectivity index (χ0n) is 16.9. The van der Waals surface area contributed by atoms with E-state index < -0.39 is 0 Å². The number of fused-ring (bicyclic) bond motifs is 1. The minimum atomic E-state index is 0.0316. The normalized spacial score (nSPS) is 17.4. The predicted octanol–water partition coefficient (Wildman–Crippen LogP) is 3.29. The van der Waals surface area contributed by atoms with Crippen molar-refractivity contribution in [3.8, 4) is 0 Å². The lowest BCUT2D eigenvalue weighted by Crippen LogP contribution is -2.33. The number of rotatable bonds is 5. The average Bonchev–Trinajstić information content (AvgIpc) is 3.00. The van der Waals surface area contributed by atoms with E-state index in [4.69, 9.17) is 0 Å². The first-order valence-electron chi connectivity index (χ1n) is 10.8. The molecule has 5 heteroatoms. The van der Waals surface area contributed by atoms with Crippen molar-refractivity contribution in [3.63, 3.8) is 0 Å². The molecule has 1 aromatic carbocycles. The molecule has 2 aliphatic heterocycles. The molecule has 2 aromatic rings. The van der Waals surface area contributed by atoms with Crippen LogP contribution in [-0.4, -0.2) is 47.8 Å². The van der Waals surface area contributed by atoms with Crippen LogP contribution in [0.4, 0.5) is 0 Å². The Balaban J connectivity index is 1.38. The molecule has 0 radical (unpaired) electrons. The molecule has 0 saturated carbocycles. The third-order valence-electron chi connectivity index (χ3n) is 6.26. The minimum Gasteiger partial charge on any atom is -0.338 e. The zero-order chi connectivity index (χ0) is 20.1. The van der Waals surface area contributed by atoms with Gasteiger partial charge in [0.05, 0.1) is 5.56 Å². The second kappa shape index (κ2) is 9.31. The van der Waals surface area contributed by atoms with Crippen molar-refractivity contribution in [2.45, 2.75) is 38.5 Å². The van der Waals surface area contributed by atoms with Gasteiger partial charge in [0.15, 0.2) is 5.78 Å². The number of hydrogen-bond donors (Lipinski definition) is 1. The molecule has 5 nitrogen and oxygen atoms in total. The van der Waals surface area contributed by atoms with E-state index in [9.17, 15) is 9.59 Å². The topological polar surface area (TPSA) is 62.3 Å². The van der Waals surface area contributed by atoms with Crippen LogP contribution in [0.5, 0.6) is 0 Å². The Hall–Kier alpha value is -2.53. The van der Waals surface area contributed by atoms with Gasteiger partial charge in [-0.3, -0.25) is 14.6 Å². The molecule has 0 atom stereocenters. The second-order valence-electron chi connectivity index (χ2n) is 8.17. The van der Waals surface area contributed by atoms with Crippen molar-refractivity contribution in [1.82, 2.24) is 15.2 Å². The third-order valence-corrected chi connectivity index (χ3v) is 6.26. The first-order chi connectivity index (χ1) is 14.2. The lowest BCUT2D eigenvalue weighted by atomic mass is 9.90. The highest BCUT2D eigenvalue weighted by molar-refractivity contribution is 5.96. The Morgan fingerprint density at radius 2 is 1.83 bits per heavy atom. The quantitative estimate of drug-likeness (QED) is 0.795. The van der Waals surface area contributed by atoms with Gasteiger partial charge in [0.25, 0.3) is 5.91 Å². The number of Topliss-reactive ketones (excluding diaryl/α,β-unsaturated/α-hetero) is 1. The number of piperidine rings is 1. The number of carbonyl (C=O) groups excluding carboxylic acids is 2. The molecular formula is C24H29N3O2. The number of ketones is 1. The molecule has 0 bridgehead atoms. The van der Waals surface area contributed by atoms with E-state index in [-0.39, 0.29) is 11.7 Å². The summed E-state index contributed by atoms with van der Waals surface area (Å²) in [6.45, 7) is 3.52. The van der Waals surface area contributed by atoms with Crippen molar-refractivity contribution in [2.75, 3.05) is 26.2 Å². The fourth-order valence-electron chi connectivity index (χ4n) is 4.42. The number of hydrogen-bond acceptors (Lipinski definition) is 4. The van der Waals surface area contributed by atoms with Crippen molar-refractivity contribution in [3.05, 3.63) is 65.0 Å². The molecule has 4 rings (SSSR count). The summed E-state index contributed by atoms with van der Waals surface area (Å²) >= 11 is 0. The Kier molecular flexibility index (Phi) is 6.35. The summed E-state index contributed by atoms with van der Waals surface area (Å²) in [5.41, 5.74) is 3.91. The number of nitrogens with zero attached hydrogens (tertiary/aromatic N) is 2. The number of aromatic nitrogens is 1. The van der Waals surface area contributed by atoms with Gasteiger partial charge in [0.1, 0.15) is 0 Å². The van der Waals surface area contributed by atoms with Crippen LogP contribution < -0.4 is 5.32 Å². The molecular weight excluding hydrogens is 362 g/mol. The van der Waals surface area contributed by atoms with Gasteiger partial charge in [-0.05, 0) is 80.4 Å². The van der Waals surface area contributed by atoms with Gasteiger partial charge in [-0.15, -0.1) is 0 Å². The monoisotopic (exact) mass is 391 g/mol. The smallest absolute Gasteiger partial charge is 0.255 e. The van der Waals surface area contributed by atoms with E-state index in [2.05, 4.69) is 22.4 Å². The molecule has 1 amide bonds. The average molecular weight is 392 g/mol. The van der Waals surface area contributed by atoms with Gasteiger partial charge in [-0.25, -0.2) is 0 Å². The van der Waals surface area contributed by atoms with Crippen LogP contribution >= 0.6 is 0 Å². The van der Waals surface area contributed by atoms with E-state index >= 15 is 0 Å². The van der Waals surface area contributed by atoms with Gasteiger partial charge in [-0.1, -0.05) is 12.1 Å². The molecule has 2 aliphatic rings. The standard InChI is InChI=1S/C24H29N3O2/c28-23(6-3-18-7-12-25-13-8-18)21-5-4-19-9-14-27(15-10-20(19)16-21)24(29)22-2-1-11-26-17-22/h1-2,4-5,11,16-18,25H,3,6-10,12-15H2. The van der Waals surface area contributed by atoms with Crippen LogP contribution in [0.25, 0.3) is 0 Å². The lowest BCUT2D eigenvalue weighted by Gasteiger charge is -2.22. The van der Waals surface area contributed by atoms with Gasteiger partial charge >= 0.3 is 0 Å². The lowest BCUT2D eigenvalue weighted by molar-refractivity contribution is 0.0762. The molecule has 152 valence electrons. The first-order valence-corrected chi connectivity index (χ1v) is 10.8. The summed E-state index contributed by atoms with van der Waals surface area (Å²) in [6.07, 6.45) is 8.90. The van der Waals surface area contributed by atoms with Crippen LogP contribution in [0, 0.1) is 5.92 Å². The van der Waals surface area contributed by atoms with Gasteiger partial charge < -0.3 is 10.2 Å². The van der Waals surface area contributed by atoms with Crippen LogP contribution in [0.15, 0.2) is 42.7 Å². The molecule has 0 unspecified atom stereocenters. The van der Waals surface area contributed by atoms with E-state index in [1.54, 1.807) is 18.5 Å². The molecule has 0 aliphatic carbocycles. The highest BCUT2D eigenvalue weighted by atomic mass is 16.2. The molecule has 1 fully saturated rings. The maximum absolute atomic E-state index is 12.7. The largest absolute Gasteiger partial charge is 0.338 e. The minimum absolute atomic E-state index is 0.0316. The van der Waals surface area contributed by atoms with Gasteiger partial charge in [0, 0.05) is 37.5 Å². The number of pyridine rings is 1. The van der Waals surface area contributed by atoms with Gasteiger partial charge in [-0.2, -0.15) is 0 Å². The molecule has 29 heavy (non-hydrogen) atoms. The Morgan fingerprint density at radius 1 is 1.03 bits per heavy atom. The van der Waals surface area contributed by atoms with Crippen molar-refractivity contribution < 1.29 is 9.59 Å². The second-order valence-corrected chi connectivity index (χ2v) is 8.17. The molecule has 1 saturated heterocycles. The predicted molar refractivity (Wildman–Crippen MR) is 113 cm³/mol. The fourth-order valence-corrected chi connectivity index (χ4v) is 4.42. The third kappa shape index (κ3) is 4.91. The van der Waals surface area contributed by atoms with Crippen LogP contribution in [0.2, 0.25) is 0 Å². The van der Waals surface area contributed by atoms with Crippen LogP contribution in [-0.2, 0) is 12.8 Å². The van der Waals surface area contributed by atoms with Crippen molar-refractivity contribution in [1.29, 1.82) is 0 Å². The Labute approximate surface area is 172 Å². The maximum Gasteiger partial charge on any atom is 0.255 e. The van der Waals surface area contributed by atoms with E-state index in [0.717, 1.165) is 37.9 Å². The SMILES string of the molecule is O=C(CCC1CCNCC1)c1ccc2c(c1)CCN(C(=O)c1cccnc1)CC2. The first kappa shape index (κ1) is 19.8. The molecule has 1 N–H and O–H groups in total. The molecule has 0 spiro atoms. The molecule has 1 aromatic heterocycles. The summed E-state index contributed by atoms with van der Waals surface area (Å²) in [5, 5.41) is 3.38. The number of amides is 1. The van der Waals surface area contributed by atoms with E-state index in [1.165, 1.54) is 24.0 Å². The summed E-state index contributed by atoms with van der Waals surface area (Å²) in [6, 6.07) is 9.74. The van der Waals surface area contributed by atoms with Crippen molar-refractivity contribution in [2.24, 2.45) is 5.92 Å². The zero-order valence-corrected chi connectivity index (χ0v) is 16.9. The number of nitrogens with one attached hydrogen (secondary N) is 1. The highest BCUT2D eigenvalue weighted by Crippen LogP contribution is 2.22. The summed E-state index contributed by atoms with van der Waals surface area (Å²) in [5.74, 6) is 0.955. The summed E-state index contributed by atoms with van der Waals surface area (Å²) in [7, 11) is 0. The maximum atomic E-state index is 12.7. The Morgan fingerprint density at radius 3 is 2.59 bits per heavy atom. The number of carbonyl (C=O) groups is 2. The fraction of sp³-hybridized carbons (Fsp3) is 0.458.